The molecule has 2 aromatic rings. The second-order valence-corrected chi connectivity index (χ2v) is 7.28. The van der Waals surface area contributed by atoms with Crippen molar-refractivity contribution in [2.24, 2.45) is 4.99 Å². The Bertz CT molecular complexity index is 735. The molecule has 24 heavy (non-hydrogen) atoms. The Morgan fingerprint density at radius 1 is 1.33 bits per heavy atom. The normalized spacial score (nSPS) is 14.2. The van der Waals surface area contributed by atoms with Gasteiger partial charge in [0.15, 0.2) is 0 Å². The lowest BCUT2D eigenvalue weighted by Gasteiger charge is -2.15. The predicted molar refractivity (Wildman–Crippen MR) is 106 cm³/mol. The molecule has 1 aromatic carbocycles. The maximum atomic E-state index is 6.19. The smallest absolute Gasteiger partial charge is 0.227 e. The molecular weight excluding hydrogens is 413 g/mol. The van der Waals surface area contributed by atoms with E-state index in [0.717, 1.165) is 34.3 Å². The van der Waals surface area contributed by atoms with Crippen molar-refractivity contribution in [3.05, 3.63) is 50.7 Å². The van der Waals surface area contributed by atoms with E-state index in [1.54, 1.807) is 0 Å². The molecule has 0 N–H and O–H groups in total. The largest absolute Gasteiger partial charge is 0.473 e. The zero-order chi connectivity index (χ0) is 17.1. The van der Waals surface area contributed by atoms with Gasteiger partial charge in [-0.3, -0.25) is 0 Å². The highest BCUT2D eigenvalue weighted by Crippen LogP contribution is 2.30. The van der Waals surface area contributed by atoms with Crippen molar-refractivity contribution in [3.63, 3.8) is 0 Å². The van der Waals surface area contributed by atoms with Gasteiger partial charge in [-0.05, 0) is 53.6 Å². The SMILES string of the molecule is CCN(C)C=Nc1cc(I)c(OC2Cc3ccccc3C2)nc1C. The molecule has 1 aromatic heterocycles. The molecule has 0 atom stereocenters. The zero-order valence-corrected chi connectivity index (χ0v) is 16.4. The minimum absolute atomic E-state index is 0.170. The predicted octanol–water partition coefficient (Wildman–Crippen LogP) is 4.15. The first-order valence-corrected chi connectivity index (χ1v) is 9.29. The number of aliphatic imine (C=N–C) groups is 1. The van der Waals surface area contributed by atoms with Crippen LogP contribution in [0.15, 0.2) is 35.3 Å². The van der Waals surface area contributed by atoms with Crippen LogP contribution in [0.2, 0.25) is 0 Å². The van der Waals surface area contributed by atoms with E-state index in [0.29, 0.717) is 5.88 Å². The molecule has 1 heterocycles. The molecule has 3 rings (SSSR count). The summed E-state index contributed by atoms with van der Waals surface area (Å²) in [4.78, 5) is 11.2. The van der Waals surface area contributed by atoms with E-state index in [-0.39, 0.29) is 6.10 Å². The Kier molecular flexibility index (Phi) is 5.38. The van der Waals surface area contributed by atoms with Gasteiger partial charge >= 0.3 is 0 Å². The van der Waals surface area contributed by atoms with Gasteiger partial charge in [-0.15, -0.1) is 0 Å². The minimum atomic E-state index is 0.170. The summed E-state index contributed by atoms with van der Waals surface area (Å²) in [5, 5.41) is 0. The van der Waals surface area contributed by atoms with Crippen LogP contribution >= 0.6 is 22.6 Å². The molecule has 0 bridgehead atoms. The number of aromatic nitrogens is 1. The Labute approximate surface area is 157 Å². The molecule has 1 aliphatic carbocycles. The fourth-order valence-corrected chi connectivity index (χ4v) is 3.31. The van der Waals surface area contributed by atoms with Crippen molar-refractivity contribution in [2.75, 3.05) is 13.6 Å². The van der Waals surface area contributed by atoms with Crippen LogP contribution in [-0.2, 0) is 12.8 Å². The Morgan fingerprint density at radius 2 is 2.00 bits per heavy atom. The Balaban J connectivity index is 1.74. The highest BCUT2D eigenvalue weighted by atomic mass is 127. The van der Waals surface area contributed by atoms with Crippen molar-refractivity contribution < 1.29 is 4.74 Å². The highest BCUT2D eigenvalue weighted by molar-refractivity contribution is 14.1. The van der Waals surface area contributed by atoms with Crippen LogP contribution in [0.25, 0.3) is 0 Å². The summed E-state index contributed by atoms with van der Waals surface area (Å²) in [7, 11) is 2.01. The maximum absolute atomic E-state index is 6.19. The van der Waals surface area contributed by atoms with E-state index in [9.17, 15) is 0 Å². The third-order valence-electron chi connectivity index (χ3n) is 4.29. The number of fused-ring (bicyclic) bond motifs is 1. The van der Waals surface area contributed by atoms with Crippen molar-refractivity contribution in [2.45, 2.75) is 32.8 Å². The summed E-state index contributed by atoms with van der Waals surface area (Å²) in [6.45, 7) is 5.00. The quantitative estimate of drug-likeness (QED) is 0.402. The fraction of sp³-hybridized carbons (Fsp3) is 0.368. The number of hydrogen-bond acceptors (Lipinski definition) is 3. The third kappa shape index (κ3) is 3.88. The number of hydrogen-bond donors (Lipinski definition) is 0. The van der Waals surface area contributed by atoms with E-state index in [4.69, 9.17) is 4.74 Å². The standard InChI is InChI=1S/C19H22IN3O/c1-4-23(3)12-21-18-11-17(20)19(22-13(18)2)24-16-9-14-7-5-6-8-15(14)10-16/h5-8,11-12,16H,4,9-10H2,1-3H3. The van der Waals surface area contributed by atoms with E-state index >= 15 is 0 Å². The number of nitrogens with zero attached hydrogens (tertiary/aromatic N) is 3. The van der Waals surface area contributed by atoms with E-state index in [1.807, 2.05) is 31.3 Å². The lowest BCUT2D eigenvalue weighted by atomic mass is 10.1. The number of halogens is 1. The Morgan fingerprint density at radius 3 is 2.62 bits per heavy atom. The first kappa shape index (κ1) is 17.2. The Hall–Kier alpha value is -1.63. The topological polar surface area (TPSA) is 37.7 Å². The van der Waals surface area contributed by atoms with Crippen molar-refractivity contribution in [1.29, 1.82) is 0 Å². The van der Waals surface area contributed by atoms with Crippen LogP contribution in [0.3, 0.4) is 0 Å². The molecule has 1 aliphatic rings. The summed E-state index contributed by atoms with van der Waals surface area (Å²) in [5.41, 5.74) is 4.56. The van der Waals surface area contributed by atoms with Crippen molar-refractivity contribution in [3.8, 4) is 5.88 Å². The first-order valence-electron chi connectivity index (χ1n) is 8.21. The number of pyridine rings is 1. The molecule has 0 amide bonds. The number of ether oxygens (including phenoxy) is 1. The number of aryl methyl sites for hydroxylation is 1. The first-order chi connectivity index (χ1) is 11.6. The van der Waals surface area contributed by atoms with Crippen LogP contribution in [0.4, 0.5) is 5.69 Å². The van der Waals surface area contributed by atoms with Gasteiger partial charge < -0.3 is 9.64 Å². The second-order valence-electron chi connectivity index (χ2n) is 6.11. The van der Waals surface area contributed by atoms with Crippen molar-refractivity contribution >= 4 is 34.6 Å². The highest BCUT2D eigenvalue weighted by Gasteiger charge is 2.23. The monoisotopic (exact) mass is 435 g/mol. The molecule has 4 nitrogen and oxygen atoms in total. The molecule has 5 heteroatoms. The van der Waals surface area contributed by atoms with Gasteiger partial charge in [0.05, 0.1) is 21.3 Å². The average Bonchev–Trinajstić information content (AvgIpc) is 2.98. The number of benzene rings is 1. The van der Waals surface area contributed by atoms with Gasteiger partial charge in [-0.2, -0.15) is 0 Å². The summed E-state index contributed by atoms with van der Waals surface area (Å²) in [6.07, 6.45) is 3.92. The molecule has 0 aliphatic heterocycles. The molecule has 0 fully saturated rings. The summed E-state index contributed by atoms with van der Waals surface area (Å²) in [5.74, 6) is 0.716. The van der Waals surface area contributed by atoms with Gasteiger partial charge in [-0.1, -0.05) is 24.3 Å². The van der Waals surface area contributed by atoms with E-state index < -0.39 is 0 Å². The molecule has 0 unspecified atom stereocenters. The fourth-order valence-electron chi connectivity index (χ4n) is 2.76. The second kappa shape index (κ2) is 7.51. The lowest BCUT2D eigenvalue weighted by Crippen LogP contribution is -2.18. The van der Waals surface area contributed by atoms with E-state index in [1.165, 1.54) is 11.1 Å². The van der Waals surface area contributed by atoms with Crippen LogP contribution in [0, 0.1) is 10.5 Å². The van der Waals surface area contributed by atoms with Crippen molar-refractivity contribution in [1.82, 2.24) is 9.88 Å². The maximum Gasteiger partial charge on any atom is 0.227 e. The van der Waals surface area contributed by atoms with Gasteiger partial charge in [0.25, 0.3) is 0 Å². The van der Waals surface area contributed by atoms with Crippen LogP contribution < -0.4 is 4.74 Å². The molecule has 0 saturated carbocycles. The molecule has 0 saturated heterocycles. The molecule has 0 spiro atoms. The minimum Gasteiger partial charge on any atom is -0.473 e. The lowest BCUT2D eigenvalue weighted by molar-refractivity contribution is 0.203. The summed E-state index contributed by atoms with van der Waals surface area (Å²) in [6, 6.07) is 10.6. The third-order valence-corrected chi connectivity index (χ3v) is 5.07. The molecule has 0 radical (unpaired) electrons. The molecular formula is C19H22IN3O. The van der Waals surface area contributed by atoms with Crippen LogP contribution in [-0.4, -0.2) is 35.9 Å². The van der Waals surface area contributed by atoms with Gasteiger partial charge in [-0.25, -0.2) is 9.98 Å². The van der Waals surface area contributed by atoms with Gasteiger partial charge in [0.2, 0.25) is 5.88 Å². The van der Waals surface area contributed by atoms with Gasteiger partial charge in [0.1, 0.15) is 6.10 Å². The van der Waals surface area contributed by atoms with Crippen LogP contribution in [0.1, 0.15) is 23.7 Å². The van der Waals surface area contributed by atoms with Gasteiger partial charge in [0, 0.05) is 26.4 Å². The van der Waals surface area contributed by atoms with E-state index in [2.05, 4.69) is 63.8 Å². The average molecular weight is 435 g/mol. The number of rotatable bonds is 5. The van der Waals surface area contributed by atoms with Crippen LogP contribution in [0.5, 0.6) is 5.88 Å². The summed E-state index contributed by atoms with van der Waals surface area (Å²) < 4.78 is 7.19. The molecule has 126 valence electrons. The summed E-state index contributed by atoms with van der Waals surface area (Å²) >= 11 is 2.28. The zero-order valence-electron chi connectivity index (χ0n) is 14.3.